The van der Waals surface area contributed by atoms with E-state index in [4.69, 9.17) is 15.2 Å². The highest BCUT2D eigenvalue weighted by molar-refractivity contribution is 5.81. The molecule has 2 unspecified atom stereocenters. The van der Waals surface area contributed by atoms with Crippen molar-refractivity contribution in [3.05, 3.63) is 29.8 Å². The van der Waals surface area contributed by atoms with Crippen LogP contribution in [0.2, 0.25) is 0 Å². The third-order valence-corrected chi connectivity index (χ3v) is 3.69. The topological polar surface area (TPSA) is 73.6 Å². The Labute approximate surface area is 133 Å². The molecule has 0 radical (unpaired) electrons. The number of hydrogen-bond donors (Lipinski definition) is 2. The summed E-state index contributed by atoms with van der Waals surface area (Å²) < 4.78 is 10.6. The van der Waals surface area contributed by atoms with Crippen molar-refractivity contribution in [2.75, 3.05) is 20.3 Å². The summed E-state index contributed by atoms with van der Waals surface area (Å²) in [6.07, 6.45) is 1.74. The predicted molar refractivity (Wildman–Crippen MR) is 87.7 cm³/mol. The van der Waals surface area contributed by atoms with Gasteiger partial charge in [-0.3, -0.25) is 4.79 Å². The molecule has 3 N–H and O–H groups in total. The molecule has 0 fully saturated rings. The van der Waals surface area contributed by atoms with Gasteiger partial charge in [-0.15, -0.1) is 0 Å². The summed E-state index contributed by atoms with van der Waals surface area (Å²) in [7, 11) is 1.67. The van der Waals surface area contributed by atoms with E-state index in [9.17, 15) is 4.79 Å². The van der Waals surface area contributed by atoms with Crippen LogP contribution in [0, 0.1) is 5.92 Å². The van der Waals surface area contributed by atoms with E-state index in [1.807, 2.05) is 38.1 Å². The first kappa shape index (κ1) is 18.5. The van der Waals surface area contributed by atoms with Crippen molar-refractivity contribution in [3.8, 4) is 5.75 Å². The van der Waals surface area contributed by atoms with E-state index in [0.717, 1.165) is 24.2 Å². The number of ether oxygens (including phenoxy) is 2. The fraction of sp³-hybridized carbons (Fsp3) is 0.588. The minimum absolute atomic E-state index is 0.110. The third-order valence-electron chi connectivity index (χ3n) is 3.69. The number of methoxy groups -OCH3 is 1. The fourth-order valence-corrected chi connectivity index (χ4v) is 1.96. The maximum atomic E-state index is 12.0. The highest BCUT2D eigenvalue weighted by atomic mass is 16.5. The summed E-state index contributed by atoms with van der Waals surface area (Å²) >= 11 is 0. The van der Waals surface area contributed by atoms with Crippen LogP contribution in [0.25, 0.3) is 0 Å². The molecule has 2 atom stereocenters. The number of carbonyl (C=O) groups excluding carboxylic acids is 1. The van der Waals surface area contributed by atoms with E-state index in [-0.39, 0.29) is 11.8 Å². The molecule has 1 amide bonds. The minimum atomic E-state index is -0.460. The standard InChI is InChI=1S/C17H28N2O3/c1-4-13(2)16(18)17(20)19-12-14-7-5-8-15(11-14)22-10-6-9-21-3/h5,7-8,11,13,16H,4,6,9-10,12,18H2,1-3H3,(H,19,20). The molecule has 22 heavy (non-hydrogen) atoms. The second-order valence-corrected chi connectivity index (χ2v) is 5.47. The Hall–Kier alpha value is -1.59. The quantitative estimate of drug-likeness (QED) is 0.649. The minimum Gasteiger partial charge on any atom is -0.493 e. The van der Waals surface area contributed by atoms with Gasteiger partial charge in [-0.1, -0.05) is 32.4 Å². The maximum absolute atomic E-state index is 12.0. The van der Waals surface area contributed by atoms with Gasteiger partial charge in [0.15, 0.2) is 0 Å². The van der Waals surface area contributed by atoms with Gasteiger partial charge in [0.05, 0.1) is 12.6 Å². The van der Waals surface area contributed by atoms with Crippen molar-refractivity contribution >= 4 is 5.91 Å². The lowest BCUT2D eigenvalue weighted by Crippen LogP contribution is -2.44. The second kappa shape index (κ2) is 10.2. The number of nitrogens with two attached hydrogens (primary N) is 1. The number of nitrogens with one attached hydrogen (secondary N) is 1. The van der Waals surface area contributed by atoms with Crippen LogP contribution >= 0.6 is 0 Å². The van der Waals surface area contributed by atoms with Gasteiger partial charge in [0.2, 0.25) is 5.91 Å². The lowest BCUT2D eigenvalue weighted by molar-refractivity contribution is -0.123. The van der Waals surface area contributed by atoms with E-state index in [2.05, 4.69) is 5.32 Å². The fourth-order valence-electron chi connectivity index (χ4n) is 1.96. The van der Waals surface area contributed by atoms with Gasteiger partial charge < -0.3 is 20.5 Å². The predicted octanol–water partition coefficient (Wildman–Crippen LogP) is 2.09. The van der Waals surface area contributed by atoms with Crippen LogP contribution in [0.1, 0.15) is 32.3 Å². The van der Waals surface area contributed by atoms with Crippen molar-refractivity contribution in [2.24, 2.45) is 11.7 Å². The molecule has 1 rings (SSSR count). The average molecular weight is 308 g/mol. The SMILES string of the molecule is CCC(C)C(N)C(=O)NCc1cccc(OCCCOC)c1. The van der Waals surface area contributed by atoms with Crippen LogP contribution < -0.4 is 15.8 Å². The first-order chi connectivity index (χ1) is 10.6. The number of carbonyl (C=O) groups is 1. The van der Waals surface area contributed by atoms with Crippen LogP contribution in [0.15, 0.2) is 24.3 Å². The molecule has 5 heteroatoms. The zero-order chi connectivity index (χ0) is 16.4. The van der Waals surface area contributed by atoms with Gasteiger partial charge in [0, 0.05) is 26.7 Å². The molecule has 0 aliphatic carbocycles. The Kier molecular flexibility index (Phi) is 8.55. The van der Waals surface area contributed by atoms with Gasteiger partial charge >= 0.3 is 0 Å². The Morgan fingerprint density at radius 3 is 2.82 bits per heavy atom. The van der Waals surface area contributed by atoms with Crippen LogP contribution in [-0.2, 0) is 16.1 Å². The van der Waals surface area contributed by atoms with Crippen molar-refractivity contribution in [1.82, 2.24) is 5.32 Å². The Morgan fingerprint density at radius 1 is 1.36 bits per heavy atom. The summed E-state index contributed by atoms with van der Waals surface area (Å²) in [6.45, 7) is 5.77. The molecule has 0 aliphatic heterocycles. The smallest absolute Gasteiger partial charge is 0.237 e. The molecule has 124 valence electrons. The normalized spacial score (nSPS) is 13.5. The number of benzene rings is 1. The average Bonchev–Trinajstić information content (AvgIpc) is 2.55. The third kappa shape index (κ3) is 6.45. The van der Waals surface area contributed by atoms with Crippen molar-refractivity contribution in [2.45, 2.75) is 39.3 Å². The lowest BCUT2D eigenvalue weighted by Gasteiger charge is -2.17. The molecule has 0 spiro atoms. The van der Waals surface area contributed by atoms with Crippen molar-refractivity contribution < 1.29 is 14.3 Å². The van der Waals surface area contributed by atoms with Gasteiger partial charge in [-0.25, -0.2) is 0 Å². The first-order valence-electron chi connectivity index (χ1n) is 7.82. The van der Waals surface area contributed by atoms with E-state index in [1.54, 1.807) is 7.11 Å². The maximum Gasteiger partial charge on any atom is 0.237 e. The highest BCUT2D eigenvalue weighted by Crippen LogP contribution is 2.14. The molecule has 0 saturated heterocycles. The molecule has 5 nitrogen and oxygen atoms in total. The lowest BCUT2D eigenvalue weighted by atomic mass is 9.99. The van der Waals surface area contributed by atoms with E-state index < -0.39 is 6.04 Å². The molecular weight excluding hydrogens is 280 g/mol. The highest BCUT2D eigenvalue weighted by Gasteiger charge is 2.18. The Morgan fingerprint density at radius 2 is 2.14 bits per heavy atom. The zero-order valence-corrected chi connectivity index (χ0v) is 13.8. The number of rotatable bonds is 10. The largest absolute Gasteiger partial charge is 0.493 e. The molecule has 0 saturated carbocycles. The Balaban J connectivity index is 2.44. The van der Waals surface area contributed by atoms with E-state index in [1.165, 1.54) is 0 Å². The van der Waals surface area contributed by atoms with Crippen molar-refractivity contribution in [3.63, 3.8) is 0 Å². The summed E-state index contributed by atoms with van der Waals surface area (Å²) in [5, 5.41) is 2.88. The zero-order valence-electron chi connectivity index (χ0n) is 13.8. The molecule has 1 aromatic rings. The van der Waals surface area contributed by atoms with E-state index >= 15 is 0 Å². The summed E-state index contributed by atoms with van der Waals surface area (Å²) in [6, 6.07) is 7.25. The summed E-state index contributed by atoms with van der Waals surface area (Å²) in [5.74, 6) is 0.866. The van der Waals surface area contributed by atoms with Crippen LogP contribution in [0.3, 0.4) is 0 Å². The number of hydrogen-bond acceptors (Lipinski definition) is 4. The molecule has 1 aromatic carbocycles. The number of amides is 1. The van der Waals surface area contributed by atoms with Crippen molar-refractivity contribution in [1.29, 1.82) is 0 Å². The molecule has 0 aromatic heterocycles. The first-order valence-corrected chi connectivity index (χ1v) is 7.82. The molecule has 0 heterocycles. The van der Waals surface area contributed by atoms with Crippen LogP contribution in [-0.4, -0.2) is 32.3 Å². The molecule has 0 aliphatic rings. The molecule has 0 bridgehead atoms. The van der Waals surface area contributed by atoms with Crippen LogP contribution in [0.4, 0.5) is 0 Å². The van der Waals surface area contributed by atoms with Gasteiger partial charge in [-0.05, 0) is 23.6 Å². The van der Waals surface area contributed by atoms with Crippen LogP contribution in [0.5, 0.6) is 5.75 Å². The summed E-state index contributed by atoms with van der Waals surface area (Å²) in [4.78, 5) is 12.0. The van der Waals surface area contributed by atoms with Gasteiger partial charge in [0.25, 0.3) is 0 Å². The van der Waals surface area contributed by atoms with Gasteiger partial charge in [-0.2, -0.15) is 0 Å². The monoisotopic (exact) mass is 308 g/mol. The van der Waals surface area contributed by atoms with Gasteiger partial charge in [0.1, 0.15) is 5.75 Å². The Bertz CT molecular complexity index is 451. The van der Waals surface area contributed by atoms with E-state index in [0.29, 0.717) is 19.8 Å². The molecular formula is C17H28N2O3. The second-order valence-electron chi connectivity index (χ2n) is 5.47. The summed E-state index contributed by atoms with van der Waals surface area (Å²) in [5.41, 5.74) is 6.91.